The molecule has 0 spiro atoms. The highest BCUT2D eigenvalue weighted by atomic mass is 16.5. The number of benzene rings is 1. The molecule has 0 saturated carbocycles. The van der Waals surface area contributed by atoms with Gasteiger partial charge in [0.15, 0.2) is 5.78 Å². The Morgan fingerprint density at radius 1 is 1.37 bits per heavy atom. The molecule has 1 aliphatic rings. The molecule has 2 rings (SSSR count). The van der Waals surface area contributed by atoms with Gasteiger partial charge in [0.1, 0.15) is 5.75 Å². The third-order valence-corrected chi connectivity index (χ3v) is 3.41. The Hall–Kier alpha value is -1.84. The molecule has 0 bridgehead atoms. The number of aryl methyl sites for hydroxylation is 1. The number of ketones is 1. The first-order valence-corrected chi connectivity index (χ1v) is 6.57. The van der Waals surface area contributed by atoms with Crippen LogP contribution in [0.15, 0.2) is 18.2 Å². The van der Waals surface area contributed by atoms with Gasteiger partial charge in [-0.05, 0) is 37.5 Å². The normalized spacial score (nSPS) is 15.5. The zero-order valence-corrected chi connectivity index (χ0v) is 11.4. The fourth-order valence-electron chi connectivity index (χ4n) is 2.32. The summed E-state index contributed by atoms with van der Waals surface area (Å²) in [5, 5.41) is 0. The summed E-state index contributed by atoms with van der Waals surface area (Å²) in [4.78, 5) is 25.6. The number of hydrogen-bond donors (Lipinski definition) is 0. The lowest BCUT2D eigenvalue weighted by Gasteiger charge is -2.26. The van der Waals surface area contributed by atoms with Crippen LogP contribution in [0, 0.1) is 6.92 Å². The van der Waals surface area contributed by atoms with Gasteiger partial charge in [0, 0.05) is 13.0 Å². The molecule has 1 fully saturated rings. The van der Waals surface area contributed by atoms with E-state index in [2.05, 4.69) is 0 Å². The molecule has 1 heterocycles. The topological polar surface area (TPSA) is 46.6 Å². The van der Waals surface area contributed by atoms with Crippen molar-refractivity contribution in [3.05, 3.63) is 29.3 Å². The standard InChI is InChI=1S/C15H19NO3/c1-11-6-7-12(14(9-11)19-2)13(17)10-16-8-4-3-5-15(16)18/h6-7,9H,3-5,8,10H2,1-2H3. The second-order valence-corrected chi connectivity index (χ2v) is 4.90. The molecule has 1 saturated heterocycles. The monoisotopic (exact) mass is 261 g/mol. The zero-order chi connectivity index (χ0) is 13.8. The van der Waals surface area contributed by atoms with Crippen molar-refractivity contribution in [2.45, 2.75) is 26.2 Å². The Morgan fingerprint density at radius 3 is 2.84 bits per heavy atom. The van der Waals surface area contributed by atoms with E-state index in [0.29, 0.717) is 24.3 Å². The zero-order valence-electron chi connectivity index (χ0n) is 11.4. The van der Waals surface area contributed by atoms with E-state index in [1.54, 1.807) is 18.1 Å². The summed E-state index contributed by atoms with van der Waals surface area (Å²) >= 11 is 0. The van der Waals surface area contributed by atoms with Crippen LogP contribution in [0.4, 0.5) is 0 Å². The van der Waals surface area contributed by atoms with Crippen molar-refractivity contribution >= 4 is 11.7 Å². The highest BCUT2D eigenvalue weighted by Crippen LogP contribution is 2.21. The van der Waals surface area contributed by atoms with E-state index >= 15 is 0 Å². The Labute approximate surface area is 113 Å². The van der Waals surface area contributed by atoms with Gasteiger partial charge in [0.25, 0.3) is 0 Å². The smallest absolute Gasteiger partial charge is 0.222 e. The van der Waals surface area contributed by atoms with Crippen molar-refractivity contribution in [2.24, 2.45) is 0 Å². The van der Waals surface area contributed by atoms with Crippen molar-refractivity contribution in [2.75, 3.05) is 20.2 Å². The Morgan fingerprint density at radius 2 is 2.16 bits per heavy atom. The number of rotatable bonds is 4. The maximum absolute atomic E-state index is 12.3. The first kappa shape index (κ1) is 13.6. The number of ether oxygens (including phenoxy) is 1. The molecule has 0 unspecified atom stereocenters. The SMILES string of the molecule is COc1cc(C)ccc1C(=O)CN1CCCCC1=O. The van der Waals surface area contributed by atoms with Gasteiger partial charge in [-0.3, -0.25) is 9.59 Å². The van der Waals surface area contributed by atoms with Gasteiger partial charge in [0.05, 0.1) is 19.2 Å². The maximum Gasteiger partial charge on any atom is 0.222 e. The first-order valence-electron chi connectivity index (χ1n) is 6.57. The molecule has 0 N–H and O–H groups in total. The van der Waals surface area contributed by atoms with E-state index < -0.39 is 0 Å². The molecule has 4 heteroatoms. The lowest BCUT2D eigenvalue weighted by molar-refractivity contribution is -0.132. The van der Waals surface area contributed by atoms with Crippen molar-refractivity contribution in [3.63, 3.8) is 0 Å². The fourth-order valence-corrected chi connectivity index (χ4v) is 2.32. The van der Waals surface area contributed by atoms with Crippen LogP contribution in [0.2, 0.25) is 0 Å². The molecule has 0 aliphatic carbocycles. The quantitative estimate of drug-likeness (QED) is 0.781. The van der Waals surface area contributed by atoms with Crippen LogP contribution >= 0.6 is 0 Å². The molecule has 1 aromatic rings. The molecule has 19 heavy (non-hydrogen) atoms. The number of carbonyl (C=O) groups is 2. The van der Waals surface area contributed by atoms with Gasteiger partial charge in [-0.25, -0.2) is 0 Å². The van der Waals surface area contributed by atoms with E-state index in [4.69, 9.17) is 4.74 Å². The van der Waals surface area contributed by atoms with Gasteiger partial charge < -0.3 is 9.64 Å². The third kappa shape index (κ3) is 3.13. The van der Waals surface area contributed by atoms with Crippen molar-refractivity contribution < 1.29 is 14.3 Å². The van der Waals surface area contributed by atoms with Crippen LogP contribution < -0.4 is 4.74 Å². The number of amides is 1. The first-order chi connectivity index (χ1) is 9.11. The minimum atomic E-state index is -0.0629. The fraction of sp³-hybridized carbons (Fsp3) is 0.467. The average Bonchev–Trinajstić information content (AvgIpc) is 2.41. The molecule has 0 radical (unpaired) electrons. The van der Waals surface area contributed by atoms with E-state index in [0.717, 1.165) is 18.4 Å². The van der Waals surface area contributed by atoms with Gasteiger partial charge in [-0.1, -0.05) is 6.07 Å². The lowest BCUT2D eigenvalue weighted by atomic mass is 10.0. The molecule has 0 aromatic heterocycles. The largest absolute Gasteiger partial charge is 0.496 e. The van der Waals surface area contributed by atoms with E-state index in [9.17, 15) is 9.59 Å². The number of carbonyl (C=O) groups excluding carboxylic acids is 2. The molecular formula is C15H19NO3. The third-order valence-electron chi connectivity index (χ3n) is 3.41. The summed E-state index contributed by atoms with van der Waals surface area (Å²) in [5.74, 6) is 0.590. The molecule has 1 amide bonds. The number of hydrogen-bond acceptors (Lipinski definition) is 3. The molecule has 4 nitrogen and oxygen atoms in total. The number of likely N-dealkylation sites (tertiary alicyclic amines) is 1. The van der Waals surface area contributed by atoms with Crippen molar-refractivity contribution in [1.29, 1.82) is 0 Å². The van der Waals surface area contributed by atoms with Crippen LogP contribution in [0.3, 0.4) is 0 Å². The molecule has 0 atom stereocenters. The minimum Gasteiger partial charge on any atom is -0.496 e. The van der Waals surface area contributed by atoms with Crippen LogP contribution in [-0.2, 0) is 4.79 Å². The summed E-state index contributed by atoms with van der Waals surface area (Å²) in [7, 11) is 1.55. The number of nitrogens with zero attached hydrogens (tertiary/aromatic N) is 1. The highest BCUT2D eigenvalue weighted by molar-refractivity contribution is 6.01. The predicted octanol–water partition coefficient (Wildman–Crippen LogP) is 2.20. The van der Waals surface area contributed by atoms with E-state index in [1.807, 2.05) is 19.1 Å². The molecule has 1 aliphatic heterocycles. The van der Waals surface area contributed by atoms with Crippen LogP contribution in [-0.4, -0.2) is 36.8 Å². The molecule has 1 aromatic carbocycles. The minimum absolute atomic E-state index is 0.0629. The second-order valence-electron chi connectivity index (χ2n) is 4.90. The maximum atomic E-state index is 12.3. The lowest BCUT2D eigenvalue weighted by Crippen LogP contribution is -2.39. The summed E-state index contributed by atoms with van der Waals surface area (Å²) in [5.41, 5.74) is 1.59. The molecule has 102 valence electrons. The number of methoxy groups -OCH3 is 1. The van der Waals surface area contributed by atoms with Crippen LogP contribution in [0.5, 0.6) is 5.75 Å². The van der Waals surface area contributed by atoms with Crippen molar-refractivity contribution in [3.8, 4) is 5.75 Å². The van der Waals surface area contributed by atoms with Crippen LogP contribution in [0.1, 0.15) is 35.2 Å². The summed E-state index contributed by atoms with van der Waals surface area (Å²) in [6.45, 7) is 2.78. The predicted molar refractivity (Wildman–Crippen MR) is 72.5 cm³/mol. The number of piperidine rings is 1. The van der Waals surface area contributed by atoms with Gasteiger partial charge >= 0.3 is 0 Å². The summed E-state index contributed by atoms with van der Waals surface area (Å²) in [6, 6.07) is 5.49. The van der Waals surface area contributed by atoms with E-state index in [1.165, 1.54) is 0 Å². The van der Waals surface area contributed by atoms with E-state index in [-0.39, 0.29) is 18.2 Å². The molecular weight excluding hydrogens is 242 g/mol. The van der Waals surface area contributed by atoms with Crippen LogP contribution in [0.25, 0.3) is 0 Å². The van der Waals surface area contributed by atoms with Crippen molar-refractivity contribution in [1.82, 2.24) is 4.90 Å². The number of Topliss-reactive ketones (excluding diaryl/α,β-unsaturated/α-hetero) is 1. The highest BCUT2D eigenvalue weighted by Gasteiger charge is 2.22. The summed E-state index contributed by atoms with van der Waals surface area (Å²) in [6.07, 6.45) is 2.46. The second kappa shape index (κ2) is 5.87. The van der Waals surface area contributed by atoms with Gasteiger partial charge in [-0.15, -0.1) is 0 Å². The van der Waals surface area contributed by atoms with Gasteiger partial charge in [0.2, 0.25) is 5.91 Å². The Balaban J connectivity index is 2.13. The Kier molecular flexibility index (Phi) is 4.20. The summed E-state index contributed by atoms with van der Waals surface area (Å²) < 4.78 is 5.24. The Bertz CT molecular complexity index is 496. The van der Waals surface area contributed by atoms with Gasteiger partial charge in [-0.2, -0.15) is 0 Å². The average molecular weight is 261 g/mol.